The molecule has 11 heavy (non-hydrogen) atoms. The predicted octanol–water partition coefficient (Wildman–Crippen LogP) is 3.49. The second-order valence-corrected chi connectivity index (χ2v) is 5.57. The molecule has 0 fully saturated rings. The summed E-state index contributed by atoms with van der Waals surface area (Å²) in [6.07, 6.45) is 5.02. The van der Waals surface area contributed by atoms with Gasteiger partial charge < -0.3 is 0 Å². The van der Waals surface area contributed by atoms with Gasteiger partial charge in [-0.25, -0.2) is 0 Å². The molecule has 0 aromatic carbocycles. The Balaban J connectivity index is 2.42. The summed E-state index contributed by atoms with van der Waals surface area (Å²) in [5, 5.41) is 0. The Bertz CT molecular complexity index is 151. The standard InChI is InChI=1S/C10H18S/c1-10(2,3)8-9-4-6-11-7-5-9/h4H,5-8H2,1-3H3. The summed E-state index contributed by atoms with van der Waals surface area (Å²) in [6.45, 7) is 6.95. The van der Waals surface area contributed by atoms with Gasteiger partial charge in [-0.05, 0) is 24.0 Å². The van der Waals surface area contributed by atoms with E-state index in [1.54, 1.807) is 5.57 Å². The van der Waals surface area contributed by atoms with Crippen LogP contribution in [0.25, 0.3) is 0 Å². The first-order valence-electron chi connectivity index (χ1n) is 4.33. The van der Waals surface area contributed by atoms with Crippen molar-refractivity contribution in [3.63, 3.8) is 0 Å². The molecule has 1 aliphatic rings. The zero-order valence-corrected chi connectivity index (χ0v) is 8.63. The lowest BCUT2D eigenvalue weighted by Crippen LogP contribution is -2.08. The molecule has 0 spiro atoms. The van der Waals surface area contributed by atoms with Crippen molar-refractivity contribution in [3.05, 3.63) is 11.6 Å². The van der Waals surface area contributed by atoms with E-state index in [9.17, 15) is 0 Å². The number of thioether (sulfide) groups is 1. The van der Waals surface area contributed by atoms with Crippen molar-refractivity contribution in [2.45, 2.75) is 33.6 Å². The highest BCUT2D eigenvalue weighted by molar-refractivity contribution is 7.99. The number of rotatable bonds is 1. The lowest BCUT2D eigenvalue weighted by atomic mass is 9.87. The Morgan fingerprint density at radius 2 is 2.18 bits per heavy atom. The Morgan fingerprint density at radius 3 is 2.64 bits per heavy atom. The fourth-order valence-electron chi connectivity index (χ4n) is 1.41. The van der Waals surface area contributed by atoms with Crippen LogP contribution < -0.4 is 0 Å². The summed E-state index contributed by atoms with van der Waals surface area (Å²) in [5.74, 6) is 2.58. The van der Waals surface area contributed by atoms with Gasteiger partial charge in [-0.15, -0.1) is 0 Å². The quantitative estimate of drug-likeness (QED) is 0.543. The third-order valence-electron chi connectivity index (χ3n) is 1.81. The van der Waals surface area contributed by atoms with Crippen molar-refractivity contribution in [3.8, 4) is 0 Å². The van der Waals surface area contributed by atoms with E-state index in [1.165, 1.54) is 24.3 Å². The van der Waals surface area contributed by atoms with Crippen LogP contribution >= 0.6 is 11.8 Å². The van der Waals surface area contributed by atoms with Crippen LogP contribution in [0.5, 0.6) is 0 Å². The van der Waals surface area contributed by atoms with Crippen molar-refractivity contribution in [1.29, 1.82) is 0 Å². The van der Waals surface area contributed by atoms with Crippen LogP contribution in [0.2, 0.25) is 0 Å². The molecule has 0 amide bonds. The average Bonchev–Trinajstić information content (AvgIpc) is 1.85. The first kappa shape index (κ1) is 9.18. The van der Waals surface area contributed by atoms with E-state index in [0.29, 0.717) is 5.41 Å². The van der Waals surface area contributed by atoms with Crippen LogP contribution in [0.3, 0.4) is 0 Å². The van der Waals surface area contributed by atoms with Gasteiger partial charge in [0.15, 0.2) is 0 Å². The Morgan fingerprint density at radius 1 is 1.45 bits per heavy atom. The molecule has 0 nitrogen and oxygen atoms in total. The van der Waals surface area contributed by atoms with Crippen LogP contribution in [0.4, 0.5) is 0 Å². The van der Waals surface area contributed by atoms with Gasteiger partial charge >= 0.3 is 0 Å². The minimum absolute atomic E-state index is 0.480. The largest absolute Gasteiger partial charge is 0.158 e. The maximum Gasteiger partial charge on any atom is 0.0116 e. The van der Waals surface area contributed by atoms with Gasteiger partial charge in [-0.3, -0.25) is 0 Å². The van der Waals surface area contributed by atoms with E-state index in [0.717, 1.165) is 0 Å². The summed E-state index contributed by atoms with van der Waals surface area (Å²) < 4.78 is 0. The van der Waals surface area contributed by atoms with E-state index < -0.39 is 0 Å². The van der Waals surface area contributed by atoms with Crippen LogP contribution in [0, 0.1) is 5.41 Å². The molecule has 0 N–H and O–H groups in total. The molecular formula is C10H18S. The zero-order valence-electron chi connectivity index (χ0n) is 7.81. The molecular weight excluding hydrogens is 152 g/mol. The van der Waals surface area contributed by atoms with Gasteiger partial charge in [-0.2, -0.15) is 11.8 Å². The number of allylic oxidation sites excluding steroid dienone is 1. The smallest absolute Gasteiger partial charge is 0.0116 e. The monoisotopic (exact) mass is 170 g/mol. The molecule has 0 saturated carbocycles. The Labute approximate surface area is 74.5 Å². The number of hydrogen-bond acceptors (Lipinski definition) is 1. The summed E-state index contributed by atoms with van der Waals surface area (Å²) in [5.41, 5.74) is 2.16. The highest BCUT2D eigenvalue weighted by Gasteiger charge is 2.14. The molecule has 1 rings (SSSR count). The maximum absolute atomic E-state index is 2.42. The fraction of sp³-hybridized carbons (Fsp3) is 0.800. The highest BCUT2D eigenvalue weighted by atomic mass is 32.2. The molecule has 0 aliphatic carbocycles. The lowest BCUT2D eigenvalue weighted by Gasteiger charge is -2.22. The second kappa shape index (κ2) is 3.66. The molecule has 0 aromatic heterocycles. The van der Waals surface area contributed by atoms with Crippen LogP contribution in [-0.2, 0) is 0 Å². The van der Waals surface area contributed by atoms with E-state index in [-0.39, 0.29) is 0 Å². The summed E-state index contributed by atoms with van der Waals surface area (Å²) in [6, 6.07) is 0. The van der Waals surface area contributed by atoms with Crippen molar-refractivity contribution in [2.75, 3.05) is 11.5 Å². The fourth-order valence-corrected chi connectivity index (χ4v) is 2.33. The normalized spacial score (nSPS) is 19.7. The van der Waals surface area contributed by atoms with Gasteiger partial charge in [0.1, 0.15) is 0 Å². The van der Waals surface area contributed by atoms with Gasteiger partial charge in [0.2, 0.25) is 0 Å². The zero-order chi connectivity index (χ0) is 8.32. The van der Waals surface area contributed by atoms with E-state index in [4.69, 9.17) is 0 Å². The lowest BCUT2D eigenvalue weighted by molar-refractivity contribution is 0.405. The molecule has 64 valence electrons. The van der Waals surface area contributed by atoms with Crippen LogP contribution in [0.15, 0.2) is 11.6 Å². The average molecular weight is 170 g/mol. The SMILES string of the molecule is CC(C)(C)CC1=CCSCC1. The predicted molar refractivity (Wildman–Crippen MR) is 54.1 cm³/mol. The first-order chi connectivity index (χ1) is 5.08. The van der Waals surface area contributed by atoms with Gasteiger partial charge in [-0.1, -0.05) is 32.4 Å². The minimum Gasteiger partial charge on any atom is -0.158 e. The van der Waals surface area contributed by atoms with E-state index in [1.807, 2.05) is 11.8 Å². The minimum atomic E-state index is 0.480. The maximum atomic E-state index is 2.42. The third-order valence-corrected chi connectivity index (χ3v) is 2.71. The van der Waals surface area contributed by atoms with Crippen molar-refractivity contribution in [2.24, 2.45) is 5.41 Å². The topological polar surface area (TPSA) is 0 Å². The summed E-state index contributed by atoms with van der Waals surface area (Å²) in [7, 11) is 0. The first-order valence-corrected chi connectivity index (χ1v) is 5.49. The summed E-state index contributed by atoms with van der Waals surface area (Å²) >= 11 is 2.05. The van der Waals surface area contributed by atoms with Gasteiger partial charge in [0, 0.05) is 5.75 Å². The highest BCUT2D eigenvalue weighted by Crippen LogP contribution is 2.29. The number of hydrogen-bond donors (Lipinski definition) is 0. The Hall–Kier alpha value is 0.0900. The van der Waals surface area contributed by atoms with Crippen molar-refractivity contribution in [1.82, 2.24) is 0 Å². The molecule has 1 aliphatic heterocycles. The van der Waals surface area contributed by atoms with E-state index >= 15 is 0 Å². The third kappa shape index (κ3) is 3.85. The molecule has 0 radical (unpaired) electrons. The van der Waals surface area contributed by atoms with Crippen LogP contribution in [-0.4, -0.2) is 11.5 Å². The Kier molecular flexibility index (Phi) is 3.06. The van der Waals surface area contributed by atoms with Crippen LogP contribution in [0.1, 0.15) is 33.6 Å². The molecule has 0 saturated heterocycles. The summed E-state index contributed by atoms with van der Waals surface area (Å²) in [4.78, 5) is 0. The van der Waals surface area contributed by atoms with E-state index in [2.05, 4.69) is 26.8 Å². The molecule has 0 unspecified atom stereocenters. The second-order valence-electron chi connectivity index (χ2n) is 4.42. The van der Waals surface area contributed by atoms with Gasteiger partial charge in [0.05, 0.1) is 0 Å². The van der Waals surface area contributed by atoms with Crippen molar-refractivity contribution < 1.29 is 0 Å². The van der Waals surface area contributed by atoms with Crippen molar-refractivity contribution >= 4 is 11.8 Å². The molecule has 1 heterocycles. The molecule has 0 bridgehead atoms. The molecule has 1 heteroatoms. The molecule has 0 aromatic rings. The van der Waals surface area contributed by atoms with Gasteiger partial charge in [0.25, 0.3) is 0 Å². The molecule has 0 atom stereocenters.